The van der Waals surface area contributed by atoms with Gasteiger partial charge in [0.1, 0.15) is 0 Å². The Morgan fingerprint density at radius 1 is 0.303 bits per heavy atom. The van der Waals surface area contributed by atoms with E-state index in [9.17, 15) is 0 Å². The molecular weight excluding hydrogens is 815 g/mol. The van der Waals surface area contributed by atoms with Gasteiger partial charge in [-0.25, -0.2) is 0 Å². The molecule has 11 aromatic rings. The molecule has 3 aliphatic carbocycles. The van der Waals surface area contributed by atoms with Gasteiger partial charge in [0.15, 0.2) is 0 Å². The molecule has 0 saturated heterocycles. The van der Waals surface area contributed by atoms with E-state index in [-0.39, 0.29) is 5.41 Å². The van der Waals surface area contributed by atoms with Crippen LogP contribution < -0.4 is 4.90 Å². The van der Waals surface area contributed by atoms with Gasteiger partial charge in [0.2, 0.25) is 0 Å². The average molecular weight is 856 g/mol. The highest BCUT2D eigenvalue weighted by Gasteiger charge is 2.54. The van der Waals surface area contributed by atoms with Gasteiger partial charge in [-0.05, 0) is 120 Å². The van der Waals surface area contributed by atoms with Gasteiger partial charge in [-0.1, -0.05) is 206 Å². The quantitative estimate of drug-likeness (QED) is 0.161. The minimum atomic E-state index is -0.493. The van der Waals surface area contributed by atoms with Crippen molar-refractivity contribution in [2.45, 2.75) is 10.8 Å². The van der Waals surface area contributed by atoms with E-state index in [1.165, 1.54) is 98.4 Å². The lowest BCUT2D eigenvalue weighted by atomic mass is 9.67. The topological polar surface area (TPSA) is 3.24 Å². The lowest BCUT2D eigenvalue weighted by Crippen LogP contribution is -2.28. The molecule has 0 N–H and O–H groups in total. The summed E-state index contributed by atoms with van der Waals surface area (Å²) in [7, 11) is 0. The van der Waals surface area contributed by atoms with Crippen molar-refractivity contribution >= 4 is 38.5 Å². The number of rotatable bonds is 6. The first kappa shape index (κ1) is 37.3. The highest BCUT2D eigenvalue weighted by atomic mass is 32.1. The van der Waals surface area contributed by atoms with Gasteiger partial charge < -0.3 is 4.90 Å². The minimum Gasteiger partial charge on any atom is -0.310 e. The molecule has 1 nitrogen and oxygen atoms in total. The zero-order valence-corrected chi connectivity index (χ0v) is 36.8. The highest BCUT2D eigenvalue weighted by Crippen LogP contribution is 2.67. The standard InChI is InChI=1S/C64H41NS/c1-4-19-43(20-5-1)63(44-21-6-2-7-22-44)54-30-14-10-27-51(54)52-40-39-47(41-58(52)63)65(45-23-8-3-9-24-45)46-37-35-42(36-38-46)48-29-18-33-57-60(48)61-53-28-13-17-34-59(53)66-62(61)64(57)55-31-15-11-25-49(55)50-26-12-16-32-56(50)64/h1-41H. The first-order valence-corrected chi connectivity index (χ1v) is 23.7. The van der Waals surface area contributed by atoms with Crippen LogP contribution in [0, 0.1) is 0 Å². The number of para-hydroxylation sites is 1. The van der Waals surface area contributed by atoms with E-state index in [1.807, 2.05) is 11.3 Å². The summed E-state index contributed by atoms with van der Waals surface area (Å²) < 4.78 is 1.33. The molecule has 0 aliphatic heterocycles. The molecule has 0 amide bonds. The molecule has 0 radical (unpaired) electrons. The summed E-state index contributed by atoms with van der Waals surface area (Å²) in [5.41, 5.74) is 22.1. The number of benzene rings is 10. The monoisotopic (exact) mass is 855 g/mol. The van der Waals surface area contributed by atoms with Crippen LogP contribution in [0.4, 0.5) is 17.1 Å². The van der Waals surface area contributed by atoms with Crippen molar-refractivity contribution in [1.82, 2.24) is 0 Å². The van der Waals surface area contributed by atoms with Gasteiger partial charge in [-0.15, -0.1) is 11.3 Å². The van der Waals surface area contributed by atoms with Crippen LogP contribution in [0.2, 0.25) is 0 Å². The SMILES string of the molecule is c1ccc(N(c2ccc(-c3cccc4c3-c3c(sc5ccccc35)C43c4ccccc4-c4ccccc43)cc2)c2ccc3c(c2)C(c2ccccc2)(c2ccccc2)c2ccccc2-3)cc1. The smallest absolute Gasteiger partial charge is 0.0819 e. The van der Waals surface area contributed by atoms with Crippen LogP contribution in [0.25, 0.3) is 54.6 Å². The lowest BCUT2D eigenvalue weighted by Gasteiger charge is -2.35. The molecule has 1 heterocycles. The van der Waals surface area contributed by atoms with Crippen molar-refractivity contribution in [3.8, 4) is 44.5 Å². The van der Waals surface area contributed by atoms with Crippen LogP contribution in [-0.4, -0.2) is 0 Å². The van der Waals surface area contributed by atoms with Crippen molar-refractivity contribution in [1.29, 1.82) is 0 Å². The van der Waals surface area contributed by atoms with E-state index in [1.54, 1.807) is 0 Å². The number of anilines is 3. The molecule has 1 spiro atoms. The maximum Gasteiger partial charge on any atom is 0.0819 e. The molecule has 0 fully saturated rings. The summed E-state index contributed by atoms with van der Waals surface area (Å²) in [6.45, 7) is 0. The third kappa shape index (κ3) is 4.94. The first-order valence-electron chi connectivity index (χ1n) is 22.9. The Morgan fingerprint density at radius 2 is 0.773 bits per heavy atom. The molecule has 0 unspecified atom stereocenters. The van der Waals surface area contributed by atoms with E-state index in [2.05, 4.69) is 254 Å². The second-order valence-corrected chi connectivity index (χ2v) is 18.9. The number of hydrogen-bond donors (Lipinski definition) is 0. The largest absolute Gasteiger partial charge is 0.310 e. The molecule has 14 rings (SSSR count). The van der Waals surface area contributed by atoms with E-state index in [0.717, 1.165) is 17.1 Å². The van der Waals surface area contributed by atoms with Crippen LogP contribution in [0.15, 0.2) is 249 Å². The first-order chi connectivity index (χ1) is 32.8. The molecular formula is C64H41NS. The zero-order valence-electron chi connectivity index (χ0n) is 36.0. The summed E-state index contributed by atoms with van der Waals surface area (Å²) in [5, 5.41) is 1.33. The van der Waals surface area contributed by atoms with E-state index >= 15 is 0 Å². The van der Waals surface area contributed by atoms with Crippen LogP contribution in [-0.2, 0) is 10.8 Å². The Kier molecular flexibility index (Phi) is 8.05. The van der Waals surface area contributed by atoms with Crippen molar-refractivity contribution in [2.75, 3.05) is 4.90 Å². The van der Waals surface area contributed by atoms with E-state index in [4.69, 9.17) is 0 Å². The van der Waals surface area contributed by atoms with Gasteiger partial charge in [0, 0.05) is 37.6 Å². The molecule has 1 aromatic heterocycles. The highest BCUT2D eigenvalue weighted by molar-refractivity contribution is 7.20. The molecule has 0 bridgehead atoms. The Morgan fingerprint density at radius 3 is 1.41 bits per heavy atom. The Labute approximate surface area is 389 Å². The van der Waals surface area contributed by atoms with Crippen molar-refractivity contribution in [2.24, 2.45) is 0 Å². The van der Waals surface area contributed by atoms with Crippen molar-refractivity contribution in [3.05, 3.63) is 293 Å². The van der Waals surface area contributed by atoms with Crippen molar-refractivity contribution < 1.29 is 0 Å². The molecule has 2 heteroatoms. The van der Waals surface area contributed by atoms with Crippen LogP contribution in [0.1, 0.15) is 43.8 Å². The summed E-state index contributed by atoms with van der Waals surface area (Å²) >= 11 is 1.97. The summed E-state index contributed by atoms with van der Waals surface area (Å²) in [4.78, 5) is 3.85. The Bertz CT molecular complexity index is 3610. The zero-order chi connectivity index (χ0) is 43.4. The normalized spacial score (nSPS) is 14.0. The molecule has 3 aliphatic rings. The fraction of sp³-hybridized carbons (Fsp3) is 0.0312. The van der Waals surface area contributed by atoms with Crippen molar-refractivity contribution in [3.63, 3.8) is 0 Å². The minimum absolute atomic E-state index is 0.385. The third-order valence-corrected chi connectivity index (χ3v) is 16.0. The molecule has 10 aromatic carbocycles. The average Bonchev–Trinajstić information content (AvgIpc) is 4.10. The van der Waals surface area contributed by atoms with Crippen LogP contribution in [0.5, 0.6) is 0 Å². The molecule has 308 valence electrons. The fourth-order valence-corrected chi connectivity index (χ4v) is 13.7. The van der Waals surface area contributed by atoms with Crippen LogP contribution >= 0.6 is 11.3 Å². The number of thiophene rings is 1. The predicted octanol–water partition coefficient (Wildman–Crippen LogP) is 16.7. The second kappa shape index (κ2) is 14.2. The summed E-state index contributed by atoms with van der Waals surface area (Å²) in [5.74, 6) is 0. The summed E-state index contributed by atoms with van der Waals surface area (Å²) in [6.07, 6.45) is 0. The maximum absolute atomic E-state index is 2.46. The Balaban J connectivity index is 0.956. The molecule has 0 atom stereocenters. The van der Waals surface area contributed by atoms with Gasteiger partial charge in [0.25, 0.3) is 0 Å². The third-order valence-electron chi connectivity index (χ3n) is 14.8. The number of fused-ring (bicyclic) bond motifs is 15. The fourth-order valence-electron chi connectivity index (χ4n) is 12.2. The van der Waals surface area contributed by atoms with Crippen LogP contribution in [0.3, 0.4) is 0 Å². The van der Waals surface area contributed by atoms with E-state index < -0.39 is 5.41 Å². The summed E-state index contributed by atoms with van der Waals surface area (Å²) in [6, 6.07) is 92.7. The predicted molar refractivity (Wildman–Crippen MR) is 276 cm³/mol. The van der Waals surface area contributed by atoms with Gasteiger partial charge in [0.05, 0.1) is 10.8 Å². The van der Waals surface area contributed by atoms with E-state index in [0.29, 0.717) is 0 Å². The maximum atomic E-state index is 2.46. The second-order valence-electron chi connectivity index (χ2n) is 17.8. The molecule has 0 saturated carbocycles. The lowest BCUT2D eigenvalue weighted by molar-refractivity contribution is 0.768. The van der Waals surface area contributed by atoms with Gasteiger partial charge >= 0.3 is 0 Å². The van der Waals surface area contributed by atoms with Gasteiger partial charge in [-0.2, -0.15) is 0 Å². The molecule has 66 heavy (non-hydrogen) atoms. The van der Waals surface area contributed by atoms with Gasteiger partial charge in [-0.3, -0.25) is 0 Å². The number of hydrogen-bond acceptors (Lipinski definition) is 2. The number of nitrogens with zero attached hydrogens (tertiary/aromatic N) is 1. The Hall–Kier alpha value is -8.04.